The summed E-state index contributed by atoms with van der Waals surface area (Å²) in [5, 5.41) is 11.0. The fraction of sp³-hybridized carbons (Fsp3) is 0.208. The number of methoxy groups -OCH3 is 1. The Morgan fingerprint density at radius 3 is 2.84 bits per heavy atom. The van der Waals surface area contributed by atoms with Crippen molar-refractivity contribution >= 4 is 12.0 Å². The average Bonchev–Trinajstić information content (AvgIpc) is 3.21. The summed E-state index contributed by atoms with van der Waals surface area (Å²) in [4.78, 5) is 12.1. The van der Waals surface area contributed by atoms with Gasteiger partial charge in [0.15, 0.2) is 11.6 Å². The Morgan fingerprint density at radius 1 is 1.25 bits per heavy atom. The summed E-state index contributed by atoms with van der Waals surface area (Å²) >= 11 is 0. The van der Waals surface area contributed by atoms with Crippen LogP contribution in [-0.4, -0.2) is 35.9 Å². The second kappa shape index (κ2) is 9.13. The molecule has 1 amide bonds. The minimum atomic E-state index is -0.990. The summed E-state index contributed by atoms with van der Waals surface area (Å²) in [6, 6.07) is 11.4. The largest absolute Gasteiger partial charge is 0.487 e. The first-order valence-corrected chi connectivity index (χ1v) is 10.0. The molecule has 0 saturated carbocycles. The molecule has 8 heteroatoms. The molecular weight excluding hydrogens is 416 g/mol. The fourth-order valence-electron chi connectivity index (χ4n) is 3.56. The van der Waals surface area contributed by atoms with Gasteiger partial charge < -0.3 is 14.8 Å². The Morgan fingerprint density at radius 2 is 2.09 bits per heavy atom. The van der Waals surface area contributed by atoms with Crippen LogP contribution in [0.2, 0.25) is 0 Å². The molecule has 32 heavy (non-hydrogen) atoms. The molecule has 1 aliphatic rings. The molecule has 1 aliphatic heterocycles. The first kappa shape index (κ1) is 21.4. The summed E-state index contributed by atoms with van der Waals surface area (Å²) in [7, 11) is 1.53. The number of fused-ring (bicyclic) bond motifs is 1. The first-order chi connectivity index (χ1) is 15.4. The first-order valence-electron chi connectivity index (χ1n) is 10.0. The maximum absolute atomic E-state index is 13.7. The highest BCUT2D eigenvalue weighted by Gasteiger charge is 2.27. The summed E-state index contributed by atoms with van der Waals surface area (Å²) < 4.78 is 38.1. The highest BCUT2D eigenvalue weighted by molar-refractivity contribution is 5.91. The molecule has 0 bridgehead atoms. The molecule has 164 valence electrons. The van der Waals surface area contributed by atoms with E-state index in [-0.39, 0.29) is 18.2 Å². The van der Waals surface area contributed by atoms with Crippen molar-refractivity contribution in [1.29, 1.82) is 0 Å². The molecule has 0 aliphatic carbocycles. The van der Waals surface area contributed by atoms with E-state index in [0.717, 1.165) is 22.8 Å². The number of nitrogens with zero attached hydrogens (tertiary/aromatic N) is 2. The van der Waals surface area contributed by atoms with Gasteiger partial charge in [-0.05, 0) is 42.3 Å². The van der Waals surface area contributed by atoms with Crippen LogP contribution in [0.3, 0.4) is 0 Å². The summed E-state index contributed by atoms with van der Waals surface area (Å²) in [5.41, 5.74) is 3.57. The van der Waals surface area contributed by atoms with Gasteiger partial charge in [-0.2, -0.15) is 0 Å². The van der Waals surface area contributed by atoms with Crippen molar-refractivity contribution in [2.45, 2.75) is 19.4 Å². The number of ether oxygens (including phenoxy) is 2. The Hall–Kier alpha value is -3.81. The third-order valence-corrected chi connectivity index (χ3v) is 5.07. The zero-order chi connectivity index (χ0) is 22.7. The number of aryl methyl sites for hydroxylation is 1. The second-order valence-corrected chi connectivity index (χ2v) is 7.43. The predicted molar refractivity (Wildman–Crippen MR) is 115 cm³/mol. The molecule has 3 aromatic rings. The SMILES string of the molecule is COc1ccc(-c2cc(C)cc3c2OC(CNC(=O)/C=C/c2cccc(F)c2F)C3)nn1. The van der Waals surface area contributed by atoms with Crippen LogP contribution in [0.4, 0.5) is 8.78 Å². The van der Waals surface area contributed by atoms with Gasteiger partial charge in [-0.1, -0.05) is 18.2 Å². The number of hydrogen-bond donors (Lipinski definition) is 1. The molecule has 2 aromatic carbocycles. The van der Waals surface area contributed by atoms with Gasteiger partial charge in [0.25, 0.3) is 0 Å². The molecule has 2 heterocycles. The van der Waals surface area contributed by atoms with Gasteiger partial charge in [0.05, 0.1) is 19.3 Å². The molecule has 1 atom stereocenters. The smallest absolute Gasteiger partial charge is 0.244 e. The van der Waals surface area contributed by atoms with Crippen LogP contribution in [0.25, 0.3) is 17.3 Å². The molecule has 6 nitrogen and oxygen atoms in total. The molecule has 0 radical (unpaired) electrons. The van der Waals surface area contributed by atoms with E-state index in [2.05, 4.69) is 15.5 Å². The van der Waals surface area contributed by atoms with E-state index >= 15 is 0 Å². The van der Waals surface area contributed by atoms with Crippen LogP contribution in [0.1, 0.15) is 16.7 Å². The fourth-order valence-corrected chi connectivity index (χ4v) is 3.56. The van der Waals surface area contributed by atoms with Crippen LogP contribution < -0.4 is 14.8 Å². The van der Waals surface area contributed by atoms with E-state index in [1.165, 1.54) is 31.4 Å². The van der Waals surface area contributed by atoms with Gasteiger partial charge in [0.1, 0.15) is 11.9 Å². The van der Waals surface area contributed by atoms with E-state index < -0.39 is 17.5 Å². The summed E-state index contributed by atoms with van der Waals surface area (Å²) in [6.45, 7) is 2.25. The van der Waals surface area contributed by atoms with Crippen molar-refractivity contribution < 1.29 is 23.0 Å². The molecule has 1 unspecified atom stereocenters. The molecule has 0 fully saturated rings. The summed E-state index contributed by atoms with van der Waals surface area (Å²) in [5.74, 6) is -1.24. The average molecular weight is 437 g/mol. The normalized spacial score (nSPS) is 14.8. The van der Waals surface area contributed by atoms with Crippen LogP contribution in [-0.2, 0) is 11.2 Å². The lowest BCUT2D eigenvalue weighted by Gasteiger charge is -2.13. The van der Waals surface area contributed by atoms with E-state index in [0.29, 0.717) is 23.7 Å². The van der Waals surface area contributed by atoms with Crippen LogP contribution in [0.15, 0.2) is 48.5 Å². The molecule has 4 rings (SSSR count). The quantitative estimate of drug-likeness (QED) is 0.593. The lowest BCUT2D eigenvalue weighted by Crippen LogP contribution is -2.33. The van der Waals surface area contributed by atoms with Crippen LogP contribution in [0.5, 0.6) is 11.6 Å². The molecular formula is C24H21F2N3O3. The number of rotatable bonds is 6. The van der Waals surface area contributed by atoms with E-state index in [1.54, 1.807) is 6.07 Å². The third-order valence-electron chi connectivity index (χ3n) is 5.07. The van der Waals surface area contributed by atoms with E-state index in [1.807, 2.05) is 25.1 Å². The van der Waals surface area contributed by atoms with Crippen molar-refractivity contribution in [2.75, 3.05) is 13.7 Å². The highest BCUT2D eigenvalue weighted by atomic mass is 19.2. The van der Waals surface area contributed by atoms with E-state index in [9.17, 15) is 13.6 Å². The predicted octanol–water partition coefficient (Wildman–Crippen LogP) is 3.87. The van der Waals surface area contributed by atoms with Crippen LogP contribution >= 0.6 is 0 Å². The third kappa shape index (κ3) is 4.59. The minimum Gasteiger partial charge on any atom is -0.487 e. The minimum absolute atomic E-state index is 0.00499. The van der Waals surface area contributed by atoms with Crippen molar-refractivity contribution in [2.24, 2.45) is 0 Å². The molecule has 0 spiro atoms. The number of aromatic nitrogens is 2. The van der Waals surface area contributed by atoms with E-state index in [4.69, 9.17) is 9.47 Å². The lowest BCUT2D eigenvalue weighted by molar-refractivity contribution is -0.116. The Balaban J connectivity index is 1.42. The van der Waals surface area contributed by atoms with Crippen molar-refractivity contribution in [1.82, 2.24) is 15.5 Å². The number of benzene rings is 2. The number of halogens is 2. The monoisotopic (exact) mass is 437 g/mol. The Kier molecular flexibility index (Phi) is 6.11. The number of amides is 1. The lowest BCUT2D eigenvalue weighted by atomic mass is 10.0. The summed E-state index contributed by atoms with van der Waals surface area (Å²) in [6.07, 6.45) is 2.76. The molecule has 0 saturated heterocycles. The number of carbonyl (C=O) groups is 1. The topological polar surface area (TPSA) is 73.3 Å². The van der Waals surface area contributed by atoms with Crippen molar-refractivity contribution in [3.63, 3.8) is 0 Å². The zero-order valence-corrected chi connectivity index (χ0v) is 17.6. The van der Waals surface area contributed by atoms with Gasteiger partial charge in [0.2, 0.25) is 11.8 Å². The molecule has 1 aromatic heterocycles. The van der Waals surface area contributed by atoms with Crippen LogP contribution in [0, 0.1) is 18.6 Å². The van der Waals surface area contributed by atoms with Crippen molar-refractivity contribution in [3.8, 4) is 22.9 Å². The zero-order valence-electron chi connectivity index (χ0n) is 17.6. The number of nitrogens with one attached hydrogen (secondary N) is 1. The number of carbonyl (C=O) groups excluding carboxylic acids is 1. The Bertz CT molecular complexity index is 1180. The van der Waals surface area contributed by atoms with Gasteiger partial charge in [-0.25, -0.2) is 8.78 Å². The Labute approximate surface area is 183 Å². The molecule has 1 N–H and O–H groups in total. The number of hydrogen-bond acceptors (Lipinski definition) is 5. The van der Waals surface area contributed by atoms with Gasteiger partial charge in [-0.3, -0.25) is 4.79 Å². The highest BCUT2D eigenvalue weighted by Crippen LogP contribution is 2.39. The maximum atomic E-state index is 13.7. The van der Waals surface area contributed by atoms with Gasteiger partial charge in [0, 0.05) is 29.7 Å². The second-order valence-electron chi connectivity index (χ2n) is 7.43. The maximum Gasteiger partial charge on any atom is 0.244 e. The van der Waals surface area contributed by atoms with Gasteiger partial charge >= 0.3 is 0 Å². The van der Waals surface area contributed by atoms with Crippen molar-refractivity contribution in [3.05, 3.63) is 76.9 Å². The standard InChI is InChI=1S/C24H21F2N3O3/c1-14-10-16-12-17(13-27-21(30)8-6-15-4-3-5-19(25)23(15)26)32-24(16)18(11-14)20-7-9-22(31-2)29-28-20/h3-11,17H,12-13H2,1-2H3,(H,27,30)/b8-6+. The van der Waals surface area contributed by atoms with Gasteiger partial charge in [-0.15, -0.1) is 10.2 Å².